The first kappa shape index (κ1) is 21.0. The van der Waals surface area contributed by atoms with Gasteiger partial charge in [-0.15, -0.1) is 11.8 Å². The molecule has 2 N–H and O–H groups in total. The number of carbonyl (C=O) groups excluding carboxylic acids is 1. The van der Waals surface area contributed by atoms with Crippen LogP contribution >= 0.6 is 11.8 Å². The van der Waals surface area contributed by atoms with Crippen LogP contribution in [0.4, 0.5) is 5.69 Å². The van der Waals surface area contributed by atoms with Crippen LogP contribution in [0.1, 0.15) is 0 Å². The molecule has 0 aliphatic heterocycles. The largest absolute Gasteiger partial charge is 0.375 e. The Bertz CT molecular complexity index is 1040. The van der Waals surface area contributed by atoms with Crippen molar-refractivity contribution >= 4 is 33.2 Å². The van der Waals surface area contributed by atoms with E-state index in [0.29, 0.717) is 12.2 Å². The summed E-state index contributed by atoms with van der Waals surface area (Å²) < 4.78 is 25.8. The Morgan fingerprint density at radius 3 is 2.17 bits per heavy atom. The number of nitrogens with one attached hydrogen (secondary N) is 2. The van der Waals surface area contributed by atoms with Crippen LogP contribution < -0.4 is 10.6 Å². The number of hydrogen-bond acceptors (Lipinski definition) is 5. The van der Waals surface area contributed by atoms with Gasteiger partial charge in [-0.3, -0.25) is 4.79 Å². The first-order chi connectivity index (χ1) is 14.1. The van der Waals surface area contributed by atoms with Gasteiger partial charge >= 0.3 is 0 Å². The zero-order chi connectivity index (χ0) is 20.5. The van der Waals surface area contributed by atoms with Gasteiger partial charge in [-0.25, -0.2) is 8.42 Å². The second-order valence-corrected chi connectivity index (χ2v) is 9.26. The predicted molar refractivity (Wildman–Crippen MR) is 117 cm³/mol. The maximum atomic E-state index is 12.9. The van der Waals surface area contributed by atoms with Gasteiger partial charge in [0, 0.05) is 17.2 Å². The van der Waals surface area contributed by atoms with Gasteiger partial charge in [0.1, 0.15) is 0 Å². The van der Waals surface area contributed by atoms with Gasteiger partial charge in [-0.2, -0.15) is 0 Å². The predicted octanol–water partition coefficient (Wildman–Crippen LogP) is 3.84. The second kappa shape index (κ2) is 10.1. The molecule has 0 atom stereocenters. The molecule has 0 bridgehead atoms. The van der Waals surface area contributed by atoms with Crippen molar-refractivity contribution in [3.63, 3.8) is 0 Å². The summed E-state index contributed by atoms with van der Waals surface area (Å²) in [6.07, 6.45) is 0. The number of amides is 1. The molecule has 0 saturated heterocycles. The Morgan fingerprint density at radius 2 is 1.45 bits per heavy atom. The number of thioether (sulfide) groups is 1. The molecule has 3 aromatic carbocycles. The quantitative estimate of drug-likeness (QED) is 0.402. The van der Waals surface area contributed by atoms with Crippen molar-refractivity contribution < 1.29 is 13.2 Å². The van der Waals surface area contributed by atoms with E-state index in [1.807, 2.05) is 30.3 Å². The first-order valence-corrected chi connectivity index (χ1v) is 11.6. The normalized spacial score (nSPS) is 11.0. The lowest BCUT2D eigenvalue weighted by molar-refractivity contribution is -0.119. The maximum Gasteiger partial charge on any atom is 0.239 e. The minimum Gasteiger partial charge on any atom is -0.375 e. The van der Waals surface area contributed by atoms with E-state index in [-0.39, 0.29) is 22.2 Å². The smallest absolute Gasteiger partial charge is 0.239 e. The number of carbonyl (C=O) groups is 1. The number of para-hydroxylation sites is 1. The summed E-state index contributed by atoms with van der Waals surface area (Å²) in [4.78, 5) is 13.6. The second-order valence-electron chi connectivity index (χ2n) is 6.18. The van der Waals surface area contributed by atoms with E-state index in [0.717, 1.165) is 10.6 Å². The number of hydrogen-bond donors (Lipinski definition) is 2. The van der Waals surface area contributed by atoms with Crippen LogP contribution in [0, 0.1) is 0 Å². The molecule has 0 radical (unpaired) electrons. The van der Waals surface area contributed by atoms with Crippen molar-refractivity contribution in [1.29, 1.82) is 0 Å². The van der Waals surface area contributed by atoms with Crippen LogP contribution in [0.5, 0.6) is 0 Å². The monoisotopic (exact) mass is 426 g/mol. The lowest BCUT2D eigenvalue weighted by Gasteiger charge is -2.13. The molecule has 0 aliphatic rings. The number of rotatable bonds is 9. The van der Waals surface area contributed by atoms with Crippen molar-refractivity contribution in [3.8, 4) is 0 Å². The van der Waals surface area contributed by atoms with E-state index in [4.69, 9.17) is 0 Å². The van der Waals surface area contributed by atoms with E-state index < -0.39 is 9.84 Å². The molecule has 7 heteroatoms. The molecular formula is C22H22N2O3S2. The average molecular weight is 427 g/mol. The Labute approximate surface area is 175 Å². The van der Waals surface area contributed by atoms with E-state index in [1.54, 1.807) is 66.4 Å². The van der Waals surface area contributed by atoms with Gasteiger partial charge in [0.05, 0.1) is 22.0 Å². The Balaban J connectivity index is 1.55. The van der Waals surface area contributed by atoms with Crippen molar-refractivity contribution in [1.82, 2.24) is 5.32 Å². The van der Waals surface area contributed by atoms with Gasteiger partial charge in [-0.1, -0.05) is 48.5 Å². The topological polar surface area (TPSA) is 75.3 Å². The van der Waals surface area contributed by atoms with Crippen LogP contribution in [0.15, 0.2) is 99.6 Å². The van der Waals surface area contributed by atoms with Crippen molar-refractivity contribution in [2.45, 2.75) is 14.7 Å². The minimum absolute atomic E-state index is 0.00265. The zero-order valence-electron chi connectivity index (χ0n) is 15.7. The van der Waals surface area contributed by atoms with Crippen molar-refractivity contribution in [3.05, 3.63) is 84.9 Å². The highest BCUT2D eigenvalue weighted by molar-refractivity contribution is 7.99. The molecule has 1 amide bonds. The first-order valence-electron chi connectivity index (χ1n) is 9.15. The van der Waals surface area contributed by atoms with Crippen LogP contribution in [-0.4, -0.2) is 33.2 Å². The summed E-state index contributed by atoms with van der Waals surface area (Å²) in [6.45, 7) is 0.529. The number of sulfone groups is 1. The third-order valence-electron chi connectivity index (χ3n) is 4.11. The Hall–Kier alpha value is -2.77. The molecule has 0 heterocycles. The zero-order valence-corrected chi connectivity index (χ0v) is 17.4. The van der Waals surface area contributed by atoms with Crippen LogP contribution in [0.3, 0.4) is 0 Å². The SMILES string of the molecule is O=C(CNc1ccccc1S(=O)(=O)c1ccccc1)NCCSc1ccccc1. The summed E-state index contributed by atoms with van der Waals surface area (Å²) >= 11 is 1.67. The van der Waals surface area contributed by atoms with E-state index in [1.165, 1.54) is 0 Å². The molecule has 0 spiro atoms. The third kappa shape index (κ3) is 5.85. The van der Waals surface area contributed by atoms with Crippen LogP contribution in [0.2, 0.25) is 0 Å². The molecule has 0 aliphatic carbocycles. The lowest BCUT2D eigenvalue weighted by atomic mass is 10.3. The van der Waals surface area contributed by atoms with Gasteiger partial charge in [0.2, 0.25) is 15.7 Å². The fourth-order valence-corrected chi connectivity index (χ4v) is 4.93. The van der Waals surface area contributed by atoms with Gasteiger partial charge in [0.25, 0.3) is 0 Å². The molecular weight excluding hydrogens is 404 g/mol. The highest BCUT2D eigenvalue weighted by atomic mass is 32.2. The molecule has 0 saturated carbocycles. The Kier molecular flexibility index (Phi) is 7.32. The molecule has 5 nitrogen and oxygen atoms in total. The lowest BCUT2D eigenvalue weighted by Crippen LogP contribution is -2.31. The van der Waals surface area contributed by atoms with E-state index >= 15 is 0 Å². The van der Waals surface area contributed by atoms with Crippen LogP contribution in [0.25, 0.3) is 0 Å². The maximum absolute atomic E-state index is 12.9. The molecule has 29 heavy (non-hydrogen) atoms. The number of benzene rings is 3. The molecule has 0 unspecified atom stereocenters. The summed E-state index contributed by atoms with van der Waals surface area (Å²) in [5, 5.41) is 5.79. The summed E-state index contributed by atoms with van der Waals surface area (Å²) in [7, 11) is -3.67. The number of anilines is 1. The Morgan fingerprint density at radius 1 is 0.828 bits per heavy atom. The minimum atomic E-state index is -3.67. The van der Waals surface area contributed by atoms with Gasteiger partial charge in [0.15, 0.2) is 0 Å². The molecule has 0 fully saturated rings. The highest BCUT2D eigenvalue weighted by Gasteiger charge is 2.20. The molecule has 150 valence electrons. The summed E-state index contributed by atoms with van der Waals surface area (Å²) in [5.74, 6) is 0.569. The summed E-state index contributed by atoms with van der Waals surface area (Å²) in [5.41, 5.74) is 0.408. The van der Waals surface area contributed by atoms with E-state index in [2.05, 4.69) is 10.6 Å². The van der Waals surface area contributed by atoms with Gasteiger partial charge < -0.3 is 10.6 Å². The van der Waals surface area contributed by atoms with Crippen molar-refractivity contribution in [2.75, 3.05) is 24.2 Å². The summed E-state index contributed by atoms with van der Waals surface area (Å²) in [6, 6.07) is 24.8. The van der Waals surface area contributed by atoms with E-state index in [9.17, 15) is 13.2 Å². The standard InChI is InChI=1S/C22H22N2O3S2/c25-22(23-15-16-28-18-9-3-1-4-10-18)17-24-20-13-7-8-14-21(20)29(26,27)19-11-5-2-6-12-19/h1-14,24H,15-17H2,(H,23,25). The highest BCUT2D eigenvalue weighted by Crippen LogP contribution is 2.27. The van der Waals surface area contributed by atoms with Crippen molar-refractivity contribution in [2.24, 2.45) is 0 Å². The average Bonchev–Trinajstić information content (AvgIpc) is 2.77. The third-order valence-corrected chi connectivity index (χ3v) is 6.95. The van der Waals surface area contributed by atoms with Crippen LogP contribution in [-0.2, 0) is 14.6 Å². The molecule has 3 rings (SSSR count). The van der Waals surface area contributed by atoms with Gasteiger partial charge in [-0.05, 0) is 36.4 Å². The fourth-order valence-electron chi connectivity index (χ4n) is 2.69. The molecule has 3 aromatic rings. The fraction of sp³-hybridized carbons (Fsp3) is 0.136. The molecule has 0 aromatic heterocycles.